The minimum absolute atomic E-state index is 0.733. The summed E-state index contributed by atoms with van der Waals surface area (Å²) in [5.41, 5.74) is 1.28. The van der Waals surface area contributed by atoms with Crippen LogP contribution in [0.4, 0.5) is 0 Å². The van der Waals surface area contributed by atoms with E-state index in [9.17, 15) is 0 Å². The van der Waals surface area contributed by atoms with Gasteiger partial charge in [0.25, 0.3) is 0 Å². The Balaban J connectivity index is 1.85. The van der Waals surface area contributed by atoms with Crippen LogP contribution in [0.3, 0.4) is 0 Å². The Hall–Kier alpha value is -1.16. The number of aromatic nitrogens is 3. The van der Waals surface area contributed by atoms with Crippen molar-refractivity contribution in [2.24, 2.45) is 5.92 Å². The van der Waals surface area contributed by atoms with Crippen LogP contribution in [0.2, 0.25) is 0 Å². The summed E-state index contributed by atoms with van der Waals surface area (Å²) < 4.78 is 3.42. The largest absolute Gasteiger partial charge is 0.314 e. The van der Waals surface area contributed by atoms with Gasteiger partial charge in [-0.15, -0.1) is 10.2 Å². The summed E-state index contributed by atoms with van der Waals surface area (Å²) >= 11 is 3.46. The van der Waals surface area contributed by atoms with E-state index in [0.29, 0.717) is 0 Å². The minimum atomic E-state index is 0.733. The maximum atomic E-state index is 4.35. The van der Waals surface area contributed by atoms with Crippen molar-refractivity contribution in [3.63, 3.8) is 0 Å². The number of aryl methyl sites for hydroxylation is 1. The van der Waals surface area contributed by atoms with Crippen molar-refractivity contribution in [1.29, 1.82) is 0 Å². The Morgan fingerprint density at radius 3 is 2.83 bits per heavy atom. The zero-order valence-corrected chi connectivity index (χ0v) is 12.0. The first-order valence-corrected chi connectivity index (χ1v) is 7.17. The second-order valence-corrected chi connectivity index (χ2v) is 6.01. The third-order valence-corrected chi connectivity index (χ3v) is 4.06. The first-order chi connectivity index (χ1) is 8.72. The van der Waals surface area contributed by atoms with E-state index in [1.807, 2.05) is 0 Å². The molecule has 0 saturated heterocycles. The Bertz CT molecular complexity index is 545. The molecule has 18 heavy (non-hydrogen) atoms. The van der Waals surface area contributed by atoms with Crippen LogP contribution in [0.15, 0.2) is 28.7 Å². The second-order valence-electron chi connectivity index (χ2n) is 5.09. The molecule has 1 aromatic heterocycles. The molecule has 0 radical (unpaired) electrons. The van der Waals surface area contributed by atoms with Crippen molar-refractivity contribution >= 4 is 15.9 Å². The van der Waals surface area contributed by atoms with Gasteiger partial charge < -0.3 is 4.57 Å². The summed E-state index contributed by atoms with van der Waals surface area (Å²) in [6, 6.07) is 8.42. The zero-order chi connectivity index (χ0) is 12.5. The Morgan fingerprint density at radius 2 is 2.06 bits per heavy atom. The molecule has 94 valence electrons. The van der Waals surface area contributed by atoms with E-state index in [4.69, 9.17) is 0 Å². The van der Waals surface area contributed by atoms with E-state index in [1.54, 1.807) is 0 Å². The molecule has 2 aromatic rings. The van der Waals surface area contributed by atoms with Crippen LogP contribution in [0, 0.1) is 5.92 Å². The van der Waals surface area contributed by atoms with Gasteiger partial charge in [-0.25, -0.2) is 0 Å². The van der Waals surface area contributed by atoms with Gasteiger partial charge in [0.2, 0.25) is 0 Å². The average molecular weight is 306 g/mol. The highest BCUT2D eigenvalue weighted by molar-refractivity contribution is 9.10. The highest BCUT2D eigenvalue weighted by Gasteiger charge is 2.19. The SMILES string of the molecule is CC1CCc2nnc(Cc3ccc(Br)cc3)n2C1. The van der Waals surface area contributed by atoms with E-state index in [1.165, 1.54) is 12.0 Å². The fourth-order valence-electron chi connectivity index (χ4n) is 2.46. The maximum Gasteiger partial charge on any atom is 0.137 e. The standard InChI is InChI=1S/C14H16BrN3/c1-10-2-7-13-16-17-14(18(13)9-10)8-11-3-5-12(15)6-4-11/h3-6,10H,2,7-9H2,1H3. The van der Waals surface area contributed by atoms with Crippen molar-refractivity contribution in [3.8, 4) is 0 Å². The molecule has 4 heteroatoms. The van der Waals surface area contributed by atoms with Gasteiger partial charge >= 0.3 is 0 Å². The summed E-state index contributed by atoms with van der Waals surface area (Å²) in [6.45, 7) is 3.36. The van der Waals surface area contributed by atoms with Crippen molar-refractivity contribution in [2.45, 2.75) is 32.7 Å². The lowest BCUT2D eigenvalue weighted by Crippen LogP contribution is -2.20. The number of fused-ring (bicyclic) bond motifs is 1. The molecule has 3 rings (SSSR count). The van der Waals surface area contributed by atoms with Gasteiger partial charge in [0, 0.05) is 23.9 Å². The third kappa shape index (κ3) is 2.34. The molecule has 1 atom stereocenters. The summed E-state index contributed by atoms with van der Waals surface area (Å²) in [4.78, 5) is 0. The van der Waals surface area contributed by atoms with Crippen molar-refractivity contribution in [1.82, 2.24) is 14.8 Å². The molecule has 0 amide bonds. The second kappa shape index (κ2) is 4.84. The van der Waals surface area contributed by atoms with Gasteiger partial charge in [0.05, 0.1) is 0 Å². The smallest absolute Gasteiger partial charge is 0.137 e. The van der Waals surface area contributed by atoms with Gasteiger partial charge in [0.1, 0.15) is 11.6 Å². The molecule has 0 fully saturated rings. The molecule has 1 aliphatic rings. The molecular formula is C14H16BrN3. The molecule has 1 unspecified atom stereocenters. The van der Waals surface area contributed by atoms with Gasteiger partial charge in [-0.3, -0.25) is 0 Å². The normalized spacial score (nSPS) is 18.7. The maximum absolute atomic E-state index is 4.35. The molecule has 0 saturated carbocycles. The number of nitrogens with zero attached hydrogens (tertiary/aromatic N) is 3. The van der Waals surface area contributed by atoms with Crippen LogP contribution in [0.1, 0.15) is 30.6 Å². The summed E-state index contributed by atoms with van der Waals surface area (Å²) in [5.74, 6) is 2.98. The lowest BCUT2D eigenvalue weighted by molar-refractivity contribution is 0.387. The Labute approximate surface area is 115 Å². The highest BCUT2D eigenvalue weighted by atomic mass is 79.9. The molecule has 0 aliphatic carbocycles. The monoisotopic (exact) mass is 305 g/mol. The summed E-state index contributed by atoms with van der Waals surface area (Å²) in [7, 11) is 0. The molecule has 1 aromatic carbocycles. The van der Waals surface area contributed by atoms with Crippen LogP contribution in [-0.2, 0) is 19.4 Å². The van der Waals surface area contributed by atoms with Crippen molar-refractivity contribution in [3.05, 3.63) is 46.0 Å². The molecule has 0 bridgehead atoms. The van der Waals surface area contributed by atoms with Gasteiger partial charge in [-0.05, 0) is 30.0 Å². The number of hydrogen-bond acceptors (Lipinski definition) is 2. The number of hydrogen-bond donors (Lipinski definition) is 0. The zero-order valence-electron chi connectivity index (χ0n) is 10.4. The predicted octanol–water partition coefficient (Wildman–Crippen LogP) is 3.21. The molecule has 3 nitrogen and oxygen atoms in total. The first-order valence-electron chi connectivity index (χ1n) is 6.38. The van der Waals surface area contributed by atoms with E-state index in [2.05, 4.69) is 61.9 Å². The fraction of sp³-hybridized carbons (Fsp3) is 0.429. The lowest BCUT2D eigenvalue weighted by atomic mass is 10.0. The van der Waals surface area contributed by atoms with E-state index in [-0.39, 0.29) is 0 Å². The molecule has 1 aliphatic heterocycles. The molecule has 0 spiro atoms. The van der Waals surface area contributed by atoms with Crippen LogP contribution in [0.5, 0.6) is 0 Å². The molecule has 0 N–H and O–H groups in total. The lowest BCUT2D eigenvalue weighted by Gasteiger charge is -2.20. The van der Waals surface area contributed by atoms with Gasteiger partial charge in [-0.2, -0.15) is 0 Å². The van der Waals surface area contributed by atoms with E-state index in [0.717, 1.165) is 41.4 Å². The van der Waals surface area contributed by atoms with Crippen molar-refractivity contribution in [2.75, 3.05) is 0 Å². The quantitative estimate of drug-likeness (QED) is 0.853. The number of rotatable bonds is 2. The Kier molecular flexibility index (Phi) is 3.20. The van der Waals surface area contributed by atoms with E-state index >= 15 is 0 Å². The third-order valence-electron chi connectivity index (χ3n) is 3.53. The van der Waals surface area contributed by atoms with Gasteiger partial charge in [-0.1, -0.05) is 35.0 Å². The summed E-state index contributed by atoms with van der Waals surface area (Å²) in [5, 5.41) is 8.66. The molecule has 2 heterocycles. The number of halogens is 1. The van der Waals surface area contributed by atoms with Crippen LogP contribution in [-0.4, -0.2) is 14.8 Å². The van der Waals surface area contributed by atoms with Crippen LogP contribution < -0.4 is 0 Å². The van der Waals surface area contributed by atoms with E-state index < -0.39 is 0 Å². The molecular weight excluding hydrogens is 290 g/mol. The van der Waals surface area contributed by atoms with Crippen LogP contribution in [0.25, 0.3) is 0 Å². The Morgan fingerprint density at radius 1 is 1.28 bits per heavy atom. The first kappa shape index (κ1) is 11.9. The minimum Gasteiger partial charge on any atom is -0.314 e. The topological polar surface area (TPSA) is 30.7 Å². The number of benzene rings is 1. The average Bonchev–Trinajstić information content (AvgIpc) is 2.75. The summed E-state index contributed by atoms with van der Waals surface area (Å²) in [6.07, 6.45) is 3.16. The fourth-order valence-corrected chi connectivity index (χ4v) is 2.73. The highest BCUT2D eigenvalue weighted by Crippen LogP contribution is 2.21. The van der Waals surface area contributed by atoms with Crippen molar-refractivity contribution < 1.29 is 0 Å². The van der Waals surface area contributed by atoms with Crippen LogP contribution >= 0.6 is 15.9 Å². The predicted molar refractivity (Wildman–Crippen MR) is 74.5 cm³/mol. The van der Waals surface area contributed by atoms with Gasteiger partial charge in [0.15, 0.2) is 0 Å².